The van der Waals surface area contributed by atoms with Gasteiger partial charge in [-0.05, 0) is 17.7 Å². The highest BCUT2D eigenvalue weighted by Crippen LogP contribution is 1.94. The molecule has 0 saturated heterocycles. The van der Waals surface area contributed by atoms with Crippen molar-refractivity contribution < 1.29 is 0 Å². The van der Waals surface area contributed by atoms with Crippen molar-refractivity contribution in [2.45, 2.75) is 0 Å². The molecule has 0 bridgehead atoms. The molecule has 1 heterocycles. The van der Waals surface area contributed by atoms with Gasteiger partial charge in [-0.2, -0.15) is 0 Å². The van der Waals surface area contributed by atoms with Gasteiger partial charge in [-0.3, -0.25) is 4.98 Å². The molecule has 1 rings (SSSR count). The molecule has 0 aromatic carbocycles. The maximum Gasteiger partial charge on any atom is 0.0273 e. The predicted octanol–water partition coefficient (Wildman–Crippen LogP) is 2.58. The van der Waals surface area contributed by atoms with Crippen LogP contribution < -0.4 is 0 Å². The van der Waals surface area contributed by atoms with Crippen LogP contribution in [0.15, 0.2) is 31.1 Å². The number of aromatic nitrogens is 1. The molecule has 10 heavy (non-hydrogen) atoms. The quantitative estimate of drug-likeness (QED) is 0.568. The molecule has 0 spiro atoms. The standard InChI is InChI=1S/C7H7N.CH3Cl/c1-2-7-3-5-8-6-4-7;1-2/h2-6H,1H2;1H3. The minimum absolute atomic E-state index is 1.11. The summed E-state index contributed by atoms with van der Waals surface area (Å²) in [4.78, 5) is 3.85. The van der Waals surface area contributed by atoms with Gasteiger partial charge in [0.2, 0.25) is 0 Å². The smallest absolute Gasteiger partial charge is 0.0273 e. The Morgan fingerprint density at radius 2 is 1.90 bits per heavy atom. The van der Waals surface area contributed by atoms with Gasteiger partial charge in [0, 0.05) is 18.8 Å². The Labute approximate surface area is 66.4 Å². The SMILES string of the molecule is C=Cc1ccncc1.CCl. The molecule has 54 valence electrons. The van der Waals surface area contributed by atoms with E-state index in [0.29, 0.717) is 0 Å². The molecule has 0 unspecified atom stereocenters. The van der Waals surface area contributed by atoms with Gasteiger partial charge < -0.3 is 0 Å². The van der Waals surface area contributed by atoms with Crippen LogP contribution in [0.2, 0.25) is 0 Å². The number of hydrogen-bond acceptors (Lipinski definition) is 1. The number of pyridine rings is 1. The van der Waals surface area contributed by atoms with E-state index in [4.69, 9.17) is 0 Å². The Morgan fingerprint density at radius 1 is 1.40 bits per heavy atom. The van der Waals surface area contributed by atoms with Crippen LogP contribution in [0.4, 0.5) is 0 Å². The minimum atomic E-state index is 1.11. The summed E-state index contributed by atoms with van der Waals surface area (Å²) < 4.78 is 0. The van der Waals surface area contributed by atoms with Crippen molar-refractivity contribution in [3.63, 3.8) is 0 Å². The predicted molar refractivity (Wildman–Crippen MR) is 46.1 cm³/mol. The van der Waals surface area contributed by atoms with Crippen LogP contribution in [-0.2, 0) is 0 Å². The van der Waals surface area contributed by atoms with E-state index in [9.17, 15) is 0 Å². The highest BCUT2D eigenvalue weighted by Gasteiger charge is 1.76. The molecule has 0 aliphatic rings. The maximum atomic E-state index is 4.64. The summed E-state index contributed by atoms with van der Waals surface area (Å²) in [6, 6.07) is 3.82. The Morgan fingerprint density at radius 3 is 2.20 bits per heavy atom. The number of alkyl halides is 1. The van der Waals surface area contributed by atoms with E-state index in [1.807, 2.05) is 12.1 Å². The van der Waals surface area contributed by atoms with E-state index in [1.54, 1.807) is 18.5 Å². The number of rotatable bonds is 1. The summed E-state index contributed by atoms with van der Waals surface area (Å²) in [6.45, 7) is 3.60. The van der Waals surface area contributed by atoms with Crippen LogP contribution in [0.3, 0.4) is 0 Å². The van der Waals surface area contributed by atoms with E-state index >= 15 is 0 Å². The van der Waals surface area contributed by atoms with Crippen LogP contribution in [0.1, 0.15) is 5.56 Å². The van der Waals surface area contributed by atoms with Gasteiger partial charge in [0.15, 0.2) is 0 Å². The molecule has 2 heteroatoms. The van der Waals surface area contributed by atoms with Gasteiger partial charge in [-0.15, -0.1) is 11.6 Å². The average molecular weight is 156 g/mol. The van der Waals surface area contributed by atoms with Crippen LogP contribution in [-0.4, -0.2) is 11.4 Å². The molecule has 0 radical (unpaired) electrons. The van der Waals surface area contributed by atoms with Crippen molar-refractivity contribution in [3.8, 4) is 0 Å². The molecule has 1 aromatic heterocycles. The second kappa shape index (κ2) is 6.30. The fourth-order valence-corrected chi connectivity index (χ4v) is 0.500. The molecule has 0 aliphatic carbocycles. The monoisotopic (exact) mass is 155 g/mol. The maximum absolute atomic E-state index is 4.64. The summed E-state index contributed by atoms with van der Waals surface area (Å²) in [6.07, 6.45) is 6.76. The highest BCUT2D eigenvalue weighted by atomic mass is 35.5. The first-order chi connectivity index (χ1) is 4.93. The van der Waals surface area contributed by atoms with Crippen molar-refractivity contribution in [1.82, 2.24) is 4.98 Å². The third kappa shape index (κ3) is 3.25. The molecular weight excluding hydrogens is 146 g/mol. The molecular formula is C8H10ClN. The molecule has 1 nitrogen and oxygen atoms in total. The zero-order valence-electron chi connectivity index (χ0n) is 5.92. The van der Waals surface area contributed by atoms with Gasteiger partial charge in [-0.25, -0.2) is 0 Å². The highest BCUT2D eigenvalue weighted by molar-refractivity contribution is 6.15. The number of hydrogen-bond donors (Lipinski definition) is 0. The third-order valence-corrected chi connectivity index (χ3v) is 0.942. The van der Waals surface area contributed by atoms with Gasteiger partial charge in [0.1, 0.15) is 0 Å². The lowest BCUT2D eigenvalue weighted by molar-refractivity contribution is 1.32. The Balaban J connectivity index is 0.000000371. The van der Waals surface area contributed by atoms with E-state index in [0.717, 1.165) is 5.56 Å². The summed E-state index contributed by atoms with van der Waals surface area (Å²) in [5, 5.41) is 0. The average Bonchev–Trinajstić information content (AvgIpc) is 2.10. The van der Waals surface area contributed by atoms with E-state index in [-0.39, 0.29) is 0 Å². The largest absolute Gasteiger partial charge is 0.265 e. The summed E-state index contributed by atoms with van der Waals surface area (Å²) in [5.74, 6) is 0. The van der Waals surface area contributed by atoms with E-state index in [1.165, 1.54) is 6.38 Å². The van der Waals surface area contributed by atoms with Gasteiger partial charge in [-0.1, -0.05) is 12.7 Å². The molecule has 0 aliphatic heterocycles. The first-order valence-electron chi connectivity index (χ1n) is 2.84. The van der Waals surface area contributed by atoms with Crippen molar-refractivity contribution in [2.24, 2.45) is 0 Å². The molecule has 0 fully saturated rings. The fourth-order valence-electron chi connectivity index (χ4n) is 0.500. The lowest BCUT2D eigenvalue weighted by Gasteiger charge is -1.84. The Bertz CT molecular complexity index is 172. The van der Waals surface area contributed by atoms with Crippen LogP contribution in [0.5, 0.6) is 0 Å². The molecule has 1 aromatic rings. The molecule has 0 atom stereocenters. The van der Waals surface area contributed by atoms with E-state index < -0.39 is 0 Å². The zero-order chi connectivity index (χ0) is 7.82. The van der Waals surface area contributed by atoms with Crippen molar-refractivity contribution in [3.05, 3.63) is 36.7 Å². The summed E-state index contributed by atoms with van der Waals surface area (Å²) in [7, 11) is 0. The first kappa shape index (κ1) is 9.18. The van der Waals surface area contributed by atoms with Crippen LogP contribution in [0.25, 0.3) is 6.08 Å². The van der Waals surface area contributed by atoms with Crippen molar-refractivity contribution >= 4 is 17.7 Å². The topological polar surface area (TPSA) is 12.9 Å². The Hall–Kier alpha value is -0.820. The minimum Gasteiger partial charge on any atom is -0.265 e. The van der Waals surface area contributed by atoms with Crippen LogP contribution in [0, 0.1) is 0 Å². The summed E-state index contributed by atoms with van der Waals surface area (Å²) >= 11 is 4.64. The third-order valence-electron chi connectivity index (χ3n) is 0.942. The number of nitrogens with zero attached hydrogens (tertiary/aromatic N) is 1. The van der Waals surface area contributed by atoms with Crippen molar-refractivity contribution in [1.29, 1.82) is 0 Å². The zero-order valence-corrected chi connectivity index (χ0v) is 6.67. The Kier molecular flexibility index (Phi) is 5.79. The van der Waals surface area contributed by atoms with E-state index in [2.05, 4.69) is 23.2 Å². The second-order valence-electron chi connectivity index (χ2n) is 1.48. The van der Waals surface area contributed by atoms with Gasteiger partial charge in [0.05, 0.1) is 0 Å². The lowest BCUT2D eigenvalue weighted by atomic mass is 10.3. The first-order valence-corrected chi connectivity index (χ1v) is 3.59. The second-order valence-corrected chi connectivity index (χ2v) is 1.48. The summed E-state index contributed by atoms with van der Waals surface area (Å²) in [5.41, 5.74) is 1.11. The lowest BCUT2D eigenvalue weighted by Crippen LogP contribution is -1.69. The molecule has 0 saturated carbocycles. The molecule has 0 N–H and O–H groups in total. The normalized spacial score (nSPS) is 7.40. The van der Waals surface area contributed by atoms with Gasteiger partial charge in [0.25, 0.3) is 0 Å². The fraction of sp³-hybridized carbons (Fsp3) is 0.125. The van der Waals surface area contributed by atoms with Crippen LogP contribution >= 0.6 is 11.6 Å². The molecule has 0 amide bonds. The van der Waals surface area contributed by atoms with Crippen molar-refractivity contribution in [2.75, 3.05) is 6.38 Å². The van der Waals surface area contributed by atoms with Gasteiger partial charge >= 0.3 is 0 Å². The number of halogens is 1.